The molecule has 0 spiro atoms. The van der Waals surface area contributed by atoms with E-state index < -0.39 is 5.60 Å². The molecule has 0 radical (unpaired) electrons. The van der Waals surface area contributed by atoms with Gasteiger partial charge in [0, 0.05) is 18.3 Å². The second-order valence-corrected chi connectivity index (χ2v) is 7.50. The number of pyridine rings is 1. The molecule has 1 aromatic carbocycles. The van der Waals surface area contributed by atoms with Crippen molar-refractivity contribution >= 4 is 6.09 Å². The van der Waals surface area contributed by atoms with Gasteiger partial charge < -0.3 is 14.4 Å². The van der Waals surface area contributed by atoms with Crippen LogP contribution < -0.4 is 4.74 Å². The van der Waals surface area contributed by atoms with Crippen LogP contribution in [0.4, 0.5) is 4.79 Å². The van der Waals surface area contributed by atoms with Crippen molar-refractivity contribution in [1.29, 1.82) is 0 Å². The molecule has 2 heterocycles. The summed E-state index contributed by atoms with van der Waals surface area (Å²) in [5.74, 6) is 1.27. The van der Waals surface area contributed by atoms with Crippen LogP contribution in [0.3, 0.4) is 0 Å². The molecule has 3 rings (SSSR count). The number of amides is 1. The number of hydrogen-bond acceptors (Lipinski definition) is 4. The maximum atomic E-state index is 12.7. The first-order valence-corrected chi connectivity index (χ1v) is 9.11. The fourth-order valence-corrected chi connectivity index (χ4v) is 3.14. The fraction of sp³-hybridized carbons (Fsp3) is 0.429. The second kappa shape index (κ2) is 7.77. The van der Waals surface area contributed by atoms with Gasteiger partial charge in [-0.15, -0.1) is 0 Å². The highest BCUT2D eigenvalue weighted by Gasteiger charge is 2.33. The Morgan fingerprint density at radius 2 is 1.88 bits per heavy atom. The van der Waals surface area contributed by atoms with E-state index >= 15 is 0 Å². The maximum absolute atomic E-state index is 12.7. The van der Waals surface area contributed by atoms with Gasteiger partial charge in [0.2, 0.25) is 5.88 Å². The van der Waals surface area contributed by atoms with Gasteiger partial charge >= 0.3 is 6.09 Å². The monoisotopic (exact) mass is 354 g/mol. The van der Waals surface area contributed by atoms with Gasteiger partial charge in [-0.1, -0.05) is 18.2 Å². The average Bonchev–Trinajstić information content (AvgIpc) is 2.62. The Bertz CT molecular complexity index is 740. The highest BCUT2D eigenvalue weighted by atomic mass is 16.6. The van der Waals surface area contributed by atoms with E-state index in [9.17, 15) is 4.79 Å². The van der Waals surface area contributed by atoms with Gasteiger partial charge in [-0.2, -0.15) is 0 Å². The average molecular weight is 354 g/mol. The van der Waals surface area contributed by atoms with Gasteiger partial charge in [-0.05, 0) is 64.3 Å². The number of benzene rings is 1. The molecule has 5 heteroatoms. The Balaban J connectivity index is 1.87. The molecule has 1 fully saturated rings. The Labute approximate surface area is 155 Å². The number of carbonyl (C=O) groups excluding carboxylic acids is 1. The quantitative estimate of drug-likeness (QED) is 0.747. The summed E-state index contributed by atoms with van der Waals surface area (Å²) in [7, 11) is 0. The van der Waals surface area contributed by atoms with Gasteiger partial charge in [-0.25, -0.2) is 9.78 Å². The number of carbonyl (C=O) groups is 1. The Morgan fingerprint density at radius 3 is 2.62 bits per heavy atom. The van der Waals surface area contributed by atoms with Crippen LogP contribution in [0, 0.1) is 0 Å². The Hall–Kier alpha value is -2.56. The molecule has 1 aromatic heterocycles. The van der Waals surface area contributed by atoms with Crippen LogP contribution in [0.1, 0.15) is 51.6 Å². The molecule has 1 saturated heterocycles. The summed E-state index contributed by atoms with van der Waals surface area (Å²) >= 11 is 0. The zero-order valence-electron chi connectivity index (χ0n) is 15.6. The van der Waals surface area contributed by atoms with E-state index in [2.05, 4.69) is 4.98 Å². The summed E-state index contributed by atoms with van der Waals surface area (Å²) in [6.45, 7) is 6.34. The van der Waals surface area contributed by atoms with Gasteiger partial charge in [0.25, 0.3) is 0 Å². The van der Waals surface area contributed by atoms with E-state index in [0.717, 1.165) is 30.6 Å². The molecule has 0 unspecified atom stereocenters. The third kappa shape index (κ3) is 4.54. The number of likely N-dealkylation sites (tertiary alicyclic amines) is 1. The minimum Gasteiger partial charge on any atom is -0.444 e. The van der Waals surface area contributed by atoms with E-state index in [0.29, 0.717) is 12.4 Å². The van der Waals surface area contributed by atoms with E-state index in [-0.39, 0.29) is 12.1 Å². The first-order chi connectivity index (χ1) is 12.4. The van der Waals surface area contributed by atoms with Crippen LogP contribution in [0.5, 0.6) is 11.6 Å². The summed E-state index contributed by atoms with van der Waals surface area (Å²) in [5, 5.41) is 0. The summed E-state index contributed by atoms with van der Waals surface area (Å²) in [6, 6.07) is 13.4. The molecule has 1 amide bonds. The van der Waals surface area contributed by atoms with Crippen molar-refractivity contribution in [2.24, 2.45) is 0 Å². The Kier molecular flexibility index (Phi) is 5.45. The van der Waals surface area contributed by atoms with E-state index in [4.69, 9.17) is 9.47 Å². The number of ether oxygens (including phenoxy) is 2. The maximum Gasteiger partial charge on any atom is 0.410 e. The Morgan fingerprint density at radius 1 is 1.12 bits per heavy atom. The van der Waals surface area contributed by atoms with Crippen molar-refractivity contribution in [3.8, 4) is 11.6 Å². The predicted octanol–water partition coefficient (Wildman–Crippen LogP) is 5.34. The van der Waals surface area contributed by atoms with Gasteiger partial charge in [0.15, 0.2) is 0 Å². The number of hydrogen-bond donors (Lipinski definition) is 0. The number of aromatic nitrogens is 1. The normalized spacial score (nSPS) is 17.7. The molecule has 5 nitrogen and oxygen atoms in total. The van der Waals surface area contributed by atoms with Gasteiger partial charge in [-0.3, -0.25) is 0 Å². The molecule has 1 aliphatic rings. The molecule has 0 aliphatic carbocycles. The van der Waals surface area contributed by atoms with E-state index in [1.165, 1.54) is 0 Å². The van der Waals surface area contributed by atoms with E-state index in [1.807, 2.05) is 68.1 Å². The predicted molar refractivity (Wildman–Crippen MR) is 100 cm³/mol. The van der Waals surface area contributed by atoms with Crippen molar-refractivity contribution in [3.05, 3.63) is 54.2 Å². The summed E-state index contributed by atoms with van der Waals surface area (Å²) in [5.41, 5.74) is 0.402. The van der Waals surface area contributed by atoms with Crippen LogP contribution in [-0.4, -0.2) is 28.1 Å². The van der Waals surface area contributed by atoms with Gasteiger partial charge in [0.05, 0.1) is 6.04 Å². The summed E-state index contributed by atoms with van der Waals surface area (Å²) < 4.78 is 11.6. The number of piperidine rings is 1. The molecule has 138 valence electrons. The minimum absolute atomic E-state index is 0.0917. The molecule has 1 aliphatic heterocycles. The third-order valence-corrected chi connectivity index (χ3v) is 4.25. The van der Waals surface area contributed by atoms with Crippen LogP contribution in [0.25, 0.3) is 0 Å². The fourth-order valence-electron chi connectivity index (χ4n) is 3.14. The zero-order chi connectivity index (χ0) is 18.6. The second-order valence-electron chi connectivity index (χ2n) is 7.50. The molecule has 0 saturated carbocycles. The molecular weight excluding hydrogens is 328 g/mol. The summed E-state index contributed by atoms with van der Waals surface area (Å²) in [4.78, 5) is 18.9. The molecule has 26 heavy (non-hydrogen) atoms. The van der Waals surface area contributed by atoms with Crippen molar-refractivity contribution in [2.45, 2.75) is 51.7 Å². The lowest BCUT2D eigenvalue weighted by molar-refractivity contribution is 0.00928. The molecule has 0 N–H and O–H groups in total. The number of nitrogens with zero attached hydrogens (tertiary/aromatic N) is 2. The minimum atomic E-state index is -0.516. The van der Waals surface area contributed by atoms with Gasteiger partial charge in [0.1, 0.15) is 11.4 Å². The SMILES string of the molecule is CC(C)(C)OC(=O)N1CCCC[C@@H]1c1cccnc1Oc1ccccc1. The van der Waals surface area contributed by atoms with E-state index in [1.54, 1.807) is 6.20 Å². The molecule has 2 aromatic rings. The lowest BCUT2D eigenvalue weighted by Gasteiger charge is -2.37. The van der Waals surface area contributed by atoms with Crippen LogP contribution in [0.15, 0.2) is 48.7 Å². The first-order valence-electron chi connectivity index (χ1n) is 9.11. The lowest BCUT2D eigenvalue weighted by atomic mass is 9.96. The third-order valence-electron chi connectivity index (χ3n) is 4.25. The highest BCUT2D eigenvalue weighted by Crippen LogP contribution is 2.37. The molecular formula is C21H26N2O3. The zero-order valence-corrected chi connectivity index (χ0v) is 15.6. The topological polar surface area (TPSA) is 51.7 Å². The van der Waals surface area contributed by atoms with Crippen LogP contribution >= 0.6 is 0 Å². The van der Waals surface area contributed by atoms with Crippen molar-refractivity contribution < 1.29 is 14.3 Å². The first kappa shape index (κ1) is 18.2. The van der Waals surface area contributed by atoms with Crippen molar-refractivity contribution in [1.82, 2.24) is 9.88 Å². The van der Waals surface area contributed by atoms with Crippen molar-refractivity contribution in [3.63, 3.8) is 0 Å². The number of rotatable bonds is 3. The van der Waals surface area contributed by atoms with Crippen LogP contribution in [0.2, 0.25) is 0 Å². The molecule has 1 atom stereocenters. The smallest absolute Gasteiger partial charge is 0.410 e. The standard InChI is InChI=1S/C21H26N2O3/c1-21(2,3)26-20(24)23-15-8-7-13-18(23)17-12-9-14-22-19(17)25-16-10-5-4-6-11-16/h4-6,9-12,14,18H,7-8,13,15H2,1-3H3/t18-/m1/s1. The number of para-hydroxylation sites is 1. The largest absolute Gasteiger partial charge is 0.444 e. The lowest BCUT2D eigenvalue weighted by Crippen LogP contribution is -2.42. The van der Waals surface area contributed by atoms with Crippen LogP contribution in [-0.2, 0) is 4.74 Å². The summed E-state index contributed by atoms with van der Waals surface area (Å²) in [6.07, 6.45) is 4.34. The molecule has 0 bridgehead atoms. The van der Waals surface area contributed by atoms with Crippen molar-refractivity contribution in [2.75, 3.05) is 6.54 Å². The highest BCUT2D eigenvalue weighted by molar-refractivity contribution is 5.69.